The maximum atomic E-state index is 14.2. The first kappa shape index (κ1) is 18.5. The van der Waals surface area contributed by atoms with Crippen LogP contribution in [0.3, 0.4) is 0 Å². The Bertz CT molecular complexity index is 777. The molecule has 3 rings (SSSR count). The van der Waals surface area contributed by atoms with E-state index < -0.39 is 11.7 Å². The quantitative estimate of drug-likeness (QED) is 0.832. The molecular weight excluding hydrogens is 339 g/mol. The summed E-state index contributed by atoms with van der Waals surface area (Å²) in [6.45, 7) is 3.98. The van der Waals surface area contributed by atoms with Gasteiger partial charge >= 0.3 is 0 Å². The van der Waals surface area contributed by atoms with Crippen molar-refractivity contribution in [3.8, 4) is 0 Å². The number of hydrogen-bond acceptors (Lipinski definition) is 4. The van der Waals surface area contributed by atoms with Gasteiger partial charge in [0.15, 0.2) is 5.78 Å². The second-order valence-corrected chi connectivity index (χ2v) is 6.95. The van der Waals surface area contributed by atoms with E-state index in [4.69, 9.17) is 4.74 Å². The molecule has 2 amide bonds. The van der Waals surface area contributed by atoms with Gasteiger partial charge in [0, 0.05) is 26.1 Å². The van der Waals surface area contributed by atoms with Crippen LogP contribution in [-0.4, -0.2) is 48.8 Å². The molecule has 26 heavy (non-hydrogen) atoms. The van der Waals surface area contributed by atoms with Crippen LogP contribution in [0.15, 0.2) is 6.07 Å². The van der Waals surface area contributed by atoms with Gasteiger partial charge in [0.05, 0.1) is 18.3 Å². The highest BCUT2D eigenvalue weighted by atomic mass is 19.1. The molecular formula is C19H23FN2O4. The molecule has 0 saturated carbocycles. The SMILES string of the molecule is COCC1CCN1C(=O)C1CCc2c(C)c(F)cc(NC(C)=O)c2C1=O. The topological polar surface area (TPSA) is 75.7 Å². The van der Waals surface area contributed by atoms with Gasteiger partial charge < -0.3 is 15.0 Å². The molecule has 0 radical (unpaired) electrons. The van der Waals surface area contributed by atoms with E-state index in [0.29, 0.717) is 37.1 Å². The van der Waals surface area contributed by atoms with E-state index in [0.717, 1.165) is 12.5 Å². The van der Waals surface area contributed by atoms with Gasteiger partial charge in [-0.15, -0.1) is 0 Å². The molecule has 6 nitrogen and oxygen atoms in total. The van der Waals surface area contributed by atoms with Crippen LogP contribution in [0.1, 0.15) is 41.3 Å². The third kappa shape index (κ3) is 3.11. The van der Waals surface area contributed by atoms with Crippen molar-refractivity contribution < 1.29 is 23.5 Å². The lowest BCUT2D eigenvalue weighted by atomic mass is 9.78. The molecule has 0 aromatic heterocycles. The molecule has 2 aliphatic rings. The number of anilines is 1. The fourth-order valence-corrected chi connectivity index (χ4v) is 3.81. The maximum Gasteiger partial charge on any atom is 0.233 e. The third-order valence-corrected chi connectivity index (χ3v) is 5.29. The number of carbonyl (C=O) groups excluding carboxylic acids is 3. The predicted octanol–water partition coefficient (Wildman–Crippen LogP) is 2.08. The molecule has 1 aromatic rings. The van der Waals surface area contributed by atoms with Crippen molar-refractivity contribution in [2.45, 2.75) is 39.2 Å². The Kier molecular flexibility index (Phi) is 5.09. The van der Waals surface area contributed by atoms with E-state index in [2.05, 4.69) is 5.32 Å². The Morgan fingerprint density at radius 3 is 2.69 bits per heavy atom. The van der Waals surface area contributed by atoms with Crippen LogP contribution < -0.4 is 5.32 Å². The van der Waals surface area contributed by atoms with Gasteiger partial charge in [-0.25, -0.2) is 4.39 Å². The van der Waals surface area contributed by atoms with Crippen LogP contribution in [0, 0.1) is 18.7 Å². The molecule has 2 atom stereocenters. The number of ether oxygens (including phenoxy) is 1. The van der Waals surface area contributed by atoms with Crippen LogP contribution >= 0.6 is 0 Å². The summed E-state index contributed by atoms with van der Waals surface area (Å²) in [6.07, 6.45) is 1.64. The number of Topliss-reactive ketones (excluding diaryl/α,β-unsaturated/α-hetero) is 1. The second kappa shape index (κ2) is 7.15. The first-order valence-corrected chi connectivity index (χ1v) is 8.78. The van der Waals surface area contributed by atoms with Crippen LogP contribution in [0.5, 0.6) is 0 Å². The van der Waals surface area contributed by atoms with E-state index in [-0.39, 0.29) is 34.9 Å². The minimum atomic E-state index is -0.792. The number of methoxy groups -OCH3 is 1. The average molecular weight is 362 g/mol. The van der Waals surface area contributed by atoms with E-state index in [1.54, 1.807) is 18.9 Å². The zero-order chi connectivity index (χ0) is 19.0. The number of likely N-dealkylation sites (tertiary alicyclic amines) is 1. The number of rotatable bonds is 4. The number of hydrogen-bond donors (Lipinski definition) is 1. The molecule has 7 heteroatoms. The summed E-state index contributed by atoms with van der Waals surface area (Å²) in [6, 6.07) is 1.17. The van der Waals surface area contributed by atoms with Crippen molar-refractivity contribution in [1.29, 1.82) is 0 Å². The summed E-state index contributed by atoms with van der Waals surface area (Å²) in [7, 11) is 1.58. The molecule has 1 aromatic carbocycles. The Balaban J connectivity index is 1.93. The summed E-state index contributed by atoms with van der Waals surface area (Å²) in [4.78, 5) is 39.1. The van der Waals surface area contributed by atoms with Gasteiger partial charge in [-0.3, -0.25) is 14.4 Å². The summed E-state index contributed by atoms with van der Waals surface area (Å²) in [5.74, 6) is -2.19. The van der Waals surface area contributed by atoms with Crippen molar-refractivity contribution in [3.05, 3.63) is 28.6 Å². The Hall–Kier alpha value is -2.28. The van der Waals surface area contributed by atoms with Crippen LogP contribution in [0.4, 0.5) is 10.1 Å². The average Bonchev–Trinajstić information content (AvgIpc) is 2.55. The highest BCUT2D eigenvalue weighted by molar-refractivity contribution is 6.15. The highest BCUT2D eigenvalue weighted by Crippen LogP contribution is 2.36. The van der Waals surface area contributed by atoms with Crippen molar-refractivity contribution in [2.75, 3.05) is 25.6 Å². The lowest BCUT2D eigenvalue weighted by Crippen LogP contribution is -2.56. The zero-order valence-corrected chi connectivity index (χ0v) is 15.2. The van der Waals surface area contributed by atoms with Crippen molar-refractivity contribution in [1.82, 2.24) is 4.90 Å². The second-order valence-electron chi connectivity index (χ2n) is 6.95. The standard InChI is InChI=1S/C19H23FN2O4/c1-10-13-4-5-14(19(25)22-7-6-12(22)9-26-3)18(24)17(13)16(8-15(10)20)21-11(2)23/h8,12,14H,4-7,9H2,1-3H3,(H,21,23). The minimum Gasteiger partial charge on any atom is -0.383 e. The molecule has 1 N–H and O–H groups in total. The van der Waals surface area contributed by atoms with Crippen LogP contribution in [-0.2, 0) is 20.7 Å². The van der Waals surface area contributed by atoms with Gasteiger partial charge in [0.25, 0.3) is 0 Å². The molecule has 0 bridgehead atoms. The minimum absolute atomic E-state index is 0.00599. The fraction of sp³-hybridized carbons (Fsp3) is 0.526. The summed E-state index contributed by atoms with van der Waals surface area (Å²) >= 11 is 0. The van der Waals surface area contributed by atoms with Gasteiger partial charge in [-0.2, -0.15) is 0 Å². The number of amides is 2. The number of nitrogens with zero attached hydrogens (tertiary/aromatic N) is 1. The molecule has 1 saturated heterocycles. The number of fused-ring (bicyclic) bond motifs is 1. The van der Waals surface area contributed by atoms with Gasteiger partial charge in [0.1, 0.15) is 11.7 Å². The van der Waals surface area contributed by atoms with Gasteiger partial charge in [0.2, 0.25) is 11.8 Å². The largest absolute Gasteiger partial charge is 0.383 e. The smallest absolute Gasteiger partial charge is 0.233 e. The van der Waals surface area contributed by atoms with Gasteiger partial charge in [-0.1, -0.05) is 0 Å². The molecule has 1 aliphatic carbocycles. The fourth-order valence-electron chi connectivity index (χ4n) is 3.81. The zero-order valence-electron chi connectivity index (χ0n) is 15.2. The van der Waals surface area contributed by atoms with Crippen LogP contribution in [0.25, 0.3) is 0 Å². The third-order valence-electron chi connectivity index (χ3n) is 5.29. The summed E-state index contributed by atoms with van der Waals surface area (Å²) < 4.78 is 19.3. The van der Waals surface area contributed by atoms with E-state index >= 15 is 0 Å². The number of nitrogens with one attached hydrogen (secondary N) is 1. The number of halogens is 1. The normalized spacial score (nSPS) is 21.8. The lowest BCUT2D eigenvalue weighted by Gasteiger charge is -2.42. The van der Waals surface area contributed by atoms with Crippen molar-refractivity contribution in [2.24, 2.45) is 5.92 Å². The first-order chi connectivity index (χ1) is 12.3. The predicted molar refractivity (Wildman–Crippen MR) is 93.6 cm³/mol. The number of ketones is 1. The highest BCUT2D eigenvalue weighted by Gasteiger charge is 2.42. The first-order valence-electron chi connectivity index (χ1n) is 8.78. The van der Waals surface area contributed by atoms with E-state index in [1.807, 2.05) is 0 Å². The molecule has 140 valence electrons. The molecule has 1 aliphatic heterocycles. The summed E-state index contributed by atoms with van der Waals surface area (Å²) in [5.41, 5.74) is 1.40. The van der Waals surface area contributed by atoms with Crippen molar-refractivity contribution >= 4 is 23.3 Å². The molecule has 1 heterocycles. The van der Waals surface area contributed by atoms with E-state index in [1.165, 1.54) is 6.92 Å². The maximum absolute atomic E-state index is 14.2. The molecule has 1 fully saturated rings. The monoisotopic (exact) mass is 362 g/mol. The van der Waals surface area contributed by atoms with E-state index in [9.17, 15) is 18.8 Å². The Morgan fingerprint density at radius 2 is 2.12 bits per heavy atom. The van der Waals surface area contributed by atoms with Gasteiger partial charge in [-0.05, 0) is 43.4 Å². The number of benzene rings is 1. The Labute approximate surface area is 151 Å². The lowest BCUT2D eigenvalue weighted by molar-refractivity contribution is -0.144. The molecule has 0 spiro atoms. The number of carbonyl (C=O) groups is 3. The summed E-state index contributed by atoms with van der Waals surface area (Å²) in [5, 5.41) is 2.53. The molecule has 2 unspecified atom stereocenters. The van der Waals surface area contributed by atoms with Crippen molar-refractivity contribution in [3.63, 3.8) is 0 Å². The van der Waals surface area contributed by atoms with Crippen LogP contribution in [0.2, 0.25) is 0 Å². The Morgan fingerprint density at radius 1 is 1.38 bits per heavy atom.